The number of nitrogens with one attached hydrogen (secondary N) is 1. The van der Waals surface area contributed by atoms with Gasteiger partial charge >= 0.3 is 0 Å². The Bertz CT molecular complexity index is 403. The molecule has 1 unspecified atom stereocenters. The molecule has 18 heavy (non-hydrogen) atoms. The molecule has 1 heterocycles. The summed E-state index contributed by atoms with van der Waals surface area (Å²) in [5.41, 5.74) is 1.53. The number of benzene rings is 1. The van der Waals surface area contributed by atoms with E-state index in [1.807, 2.05) is 6.07 Å². The molecule has 1 fully saturated rings. The van der Waals surface area contributed by atoms with E-state index in [1.54, 1.807) is 7.11 Å². The lowest BCUT2D eigenvalue weighted by atomic mass is 9.93. The molecule has 0 aromatic heterocycles. The highest BCUT2D eigenvalue weighted by molar-refractivity contribution is 5.52. The first-order valence-corrected chi connectivity index (χ1v) is 6.63. The van der Waals surface area contributed by atoms with Crippen molar-refractivity contribution in [2.75, 3.05) is 31.6 Å². The topological polar surface area (TPSA) is 24.5 Å². The van der Waals surface area contributed by atoms with Crippen LogP contribution in [0.1, 0.15) is 20.8 Å². The van der Waals surface area contributed by atoms with Gasteiger partial charge in [-0.3, -0.25) is 0 Å². The zero-order valence-electron chi connectivity index (χ0n) is 11.9. The highest BCUT2D eigenvalue weighted by Crippen LogP contribution is 2.28. The van der Waals surface area contributed by atoms with Gasteiger partial charge in [-0.15, -0.1) is 0 Å². The smallest absolute Gasteiger partial charge is 0.120 e. The first kappa shape index (κ1) is 13.2. The highest BCUT2D eigenvalue weighted by Gasteiger charge is 2.28. The summed E-state index contributed by atoms with van der Waals surface area (Å²) in [4.78, 5) is 2.47. The molecule has 1 atom stereocenters. The lowest BCUT2D eigenvalue weighted by molar-refractivity contribution is 0.369. The van der Waals surface area contributed by atoms with Crippen LogP contribution in [0.15, 0.2) is 24.3 Å². The summed E-state index contributed by atoms with van der Waals surface area (Å²) in [7, 11) is 1.72. The van der Waals surface area contributed by atoms with Gasteiger partial charge in [0.2, 0.25) is 0 Å². The molecule has 1 aliphatic rings. The minimum Gasteiger partial charge on any atom is -0.497 e. The first-order chi connectivity index (χ1) is 8.52. The number of ether oxygens (including phenoxy) is 1. The molecule has 0 amide bonds. The van der Waals surface area contributed by atoms with Crippen LogP contribution in [0.2, 0.25) is 0 Å². The van der Waals surface area contributed by atoms with Crippen molar-refractivity contribution >= 4 is 5.69 Å². The molecule has 0 radical (unpaired) electrons. The molecule has 0 bridgehead atoms. The van der Waals surface area contributed by atoms with Gasteiger partial charge in [0.25, 0.3) is 0 Å². The van der Waals surface area contributed by atoms with E-state index in [4.69, 9.17) is 4.74 Å². The van der Waals surface area contributed by atoms with Gasteiger partial charge in [0, 0.05) is 37.4 Å². The van der Waals surface area contributed by atoms with Crippen molar-refractivity contribution in [2.24, 2.45) is 5.41 Å². The van der Waals surface area contributed by atoms with Crippen LogP contribution in [0.3, 0.4) is 0 Å². The second-order valence-corrected chi connectivity index (χ2v) is 5.97. The van der Waals surface area contributed by atoms with Gasteiger partial charge in [-0.2, -0.15) is 0 Å². The van der Waals surface area contributed by atoms with Gasteiger partial charge in [-0.1, -0.05) is 19.9 Å². The van der Waals surface area contributed by atoms with Crippen LogP contribution in [0.5, 0.6) is 5.75 Å². The Morgan fingerprint density at radius 1 is 1.39 bits per heavy atom. The number of anilines is 1. The fraction of sp³-hybridized carbons (Fsp3) is 0.600. The second kappa shape index (κ2) is 5.19. The minimum absolute atomic E-state index is 0.286. The standard InChI is InChI=1S/C15H24N2O/c1-12-9-16-10-15(2,3)11-17(12)13-6-5-7-14(8-13)18-4/h5-8,12,16H,9-11H2,1-4H3. The Hall–Kier alpha value is -1.22. The largest absolute Gasteiger partial charge is 0.497 e. The van der Waals surface area contributed by atoms with Crippen molar-refractivity contribution in [2.45, 2.75) is 26.8 Å². The van der Waals surface area contributed by atoms with Gasteiger partial charge < -0.3 is 15.0 Å². The summed E-state index contributed by atoms with van der Waals surface area (Å²) in [5, 5.41) is 3.54. The molecular weight excluding hydrogens is 224 g/mol. The number of rotatable bonds is 2. The predicted molar refractivity (Wildman–Crippen MR) is 76.5 cm³/mol. The van der Waals surface area contributed by atoms with E-state index in [0.29, 0.717) is 6.04 Å². The van der Waals surface area contributed by atoms with E-state index in [1.165, 1.54) is 5.69 Å². The molecule has 1 saturated heterocycles. The maximum Gasteiger partial charge on any atom is 0.120 e. The van der Waals surface area contributed by atoms with Gasteiger partial charge in [0.15, 0.2) is 0 Å². The summed E-state index contributed by atoms with van der Waals surface area (Å²) in [6.45, 7) is 10.1. The molecule has 0 spiro atoms. The lowest BCUT2D eigenvalue weighted by Gasteiger charge is -2.34. The fourth-order valence-corrected chi connectivity index (χ4v) is 2.54. The summed E-state index contributed by atoms with van der Waals surface area (Å²) in [6, 6.07) is 8.85. The third kappa shape index (κ3) is 2.96. The number of hydrogen-bond acceptors (Lipinski definition) is 3. The van der Waals surface area contributed by atoms with E-state index in [-0.39, 0.29) is 5.41 Å². The number of nitrogens with zero attached hydrogens (tertiary/aromatic N) is 1. The highest BCUT2D eigenvalue weighted by atomic mass is 16.5. The van der Waals surface area contributed by atoms with Crippen LogP contribution >= 0.6 is 0 Å². The monoisotopic (exact) mass is 248 g/mol. The second-order valence-electron chi connectivity index (χ2n) is 5.97. The van der Waals surface area contributed by atoms with Crippen LogP contribution in [-0.4, -0.2) is 32.8 Å². The van der Waals surface area contributed by atoms with Crippen LogP contribution in [0, 0.1) is 5.41 Å². The lowest BCUT2D eigenvalue weighted by Crippen LogP contribution is -2.39. The van der Waals surface area contributed by atoms with Crippen molar-refractivity contribution in [1.29, 1.82) is 0 Å². The van der Waals surface area contributed by atoms with Crippen LogP contribution in [0.4, 0.5) is 5.69 Å². The maximum atomic E-state index is 5.32. The zero-order chi connectivity index (χ0) is 13.2. The van der Waals surface area contributed by atoms with Crippen molar-refractivity contribution in [3.05, 3.63) is 24.3 Å². The Morgan fingerprint density at radius 2 is 2.17 bits per heavy atom. The minimum atomic E-state index is 0.286. The quantitative estimate of drug-likeness (QED) is 0.870. The Balaban J connectivity index is 2.27. The van der Waals surface area contributed by atoms with Crippen LogP contribution in [-0.2, 0) is 0 Å². The fourth-order valence-electron chi connectivity index (χ4n) is 2.54. The summed E-state index contributed by atoms with van der Waals surface area (Å²) < 4.78 is 5.32. The van der Waals surface area contributed by atoms with Crippen LogP contribution < -0.4 is 15.0 Å². The molecule has 1 aromatic rings. The molecule has 3 heteroatoms. The Labute approximate surface area is 110 Å². The average Bonchev–Trinajstić information content (AvgIpc) is 2.48. The third-order valence-electron chi connectivity index (χ3n) is 3.56. The normalized spacial score (nSPS) is 23.6. The molecule has 3 nitrogen and oxygen atoms in total. The van der Waals surface area contributed by atoms with Crippen molar-refractivity contribution < 1.29 is 4.74 Å². The molecule has 0 aliphatic carbocycles. The first-order valence-electron chi connectivity index (χ1n) is 6.63. The maximum absolute atomic E-state index is 5.32. The zero-order valence-corrected chi connectivity index (χ0v) is 11.9. The average molecular weight is 248 g/mol. The van der Waals surface area contributed by atoms with Gasteiger partial charge in [-0.25, -0.2) is 0 Å². The van der Waals surface area contributed by atoms with Gasteiger partial charge in [-0.05, 0) is 24.5 Å². The predicted octanol–water partition coefficient (Wildman–Crippen LogP) is 2.52. The van der Waals surface area contributed by atoms with Crippen molar-refractivity contribution in [3.63, 3.8) is 0 Å². The Kier molecular flexibility index (Phi) is 3.81. The third-order valence-corrected chi connectivity index (χ3v) is 3.56. The van der Waals surface area contributed by atoms with E-state index >= 15 is 0 Å². The van der Waals surface area contributed by atoms with E-state index in [9.17, 15) is 0 Å². The molecule has 2 rings (SSSR count). The van der Waals surface area contributed by atoms with Gasteiger partial charge in [0.1, 0.15) is 5.75 Å². The summed E-state index contributed by atoms with van der Waals surface area (Å²) in [5.74, 6) is 0.926. The molecular formula is C15H24N2O. The summed E-state index contributed by atoms with van der Waals surface area (Å²) >= 11 is 0. The molecule has 1 aliphatic heterocycles. The Morgan fingerprint density at radius 3 is 2.89 bits per heavy atom. The SMILES string of the molecule is COc1cccc(N2CC(C)(C)CNCC2C)c1. The van der Waals surface area contributed by atoms with Gasteiger partial charge in [0.05, 0.1) is 7.11 Å². The number of hydrogen-bond donors (Lipinski definition) is 1. The van der Waals surface area contributed by atoms with E-state index in [0.717, 1.165) is 25.4 Å². The molecule has 1 aromatic carbocycles. The molecule has 1 N–H and O–H groups in total. The summed E-state index contributed by atoms with van der Waals surface area (Å²) in [6.07, 6.45) is 0. The molecule has 0 saturated carbocycles. The molecule has 100 valence electrons. The van der Waals surface area contributed by atoms with Crippen molar-refractivity contribution in [1.82, 2.24) is 5.32 Å². The van der Waals surface area contributed by atoms with Crippen LogP contribution in [0.25, 0.3) is 0 Å². The number of methoxy groups -OCH3 is 1. The van der Waals surface area contributed by atoms with E-state index in [2.05, 4.69) is 49.2 Å². The van der Waals surface area contributed by atoms with E-state index < -0.39 is 0 Å². The van der Waals surface area contributed by atoms with Crippen molar-refractivity contribution in [3.8, 4) is 5.75 Å².